The van der Waals surface area contributed by atoms with Gasteiger partial charge in [-0.15, -0.1) is 0 Å². The van der Waals surface area contributed by atoms with Gasteiger partial charge in [-0.05, 0) is 72.5 Å². The average Bonchev–Trinajstić information content (AvgIpc) is 3.46. The third-order valence-corrected chi connectivity index (χ3v) is 5.82. The number of hydrogen-bond acceptors (Lipinski definition) is 3. The van der Waals surface area contributed by atoms with Crippen molar-refractivity contribution in [3.8, 4) is 22.3 Å². The standard InChI is InChI=1S/C32H26N2O.2ClH.Fe/c1-23(33-29-17-9-15-27(21-29)25-11-5-3-6-12-25)31-19-20-32(35-31)24(2)34-30-18-10-16-28(22-30)26-13-7-4-8-14-26;;;/h3-22H,1-2H3;2*1H;/q;;;+2/p-2. The van der Waals surface area contributed by atoms with E-state index in [0.29, 0.717) is 0 Å². The average molecular weight is 581 g/mol. The van der Waals surface area contributed by atoms with Gasteiger partial charge in [-0.2, -0.15) is 0 Å². The van der Waals surface area contributed by atoms with Crippen LogP contribution < -0.4 is 0 Å². The van der Waals surface area contributed by atoms with Gasteiger partial charge in [-0.1, -0.05) is 84.9 Å². The Labute approximate surface area is 238 Å². The van der Waals surface area contributed by atoms with Crippen LogP contribution in [-0.2, 0) is 13.1 Å². The minimum absolute atomic E-state index is 0.194. The van der Waals surface area contributed by atoms with E-state index in [1.54, 1.807) is 0 Å². The summed E-state index contributed by atoms with van der Waals surface area (Å²) < 4.78 is 6.12. The maximum absolute atomic E-state index is 6.12. The molecule has 0 bridgehead atoms. The van der Waals surface area contributed by atoms with E-state index in [2.05, 4.69) is 48.5 Å². The zero-order chi connectivity index (χ0) is 26.7. The number of hydrogen-bond donors (Lipinski definition) is 0. The summed E-state index contributed by atoms with van der Waals surface area (Å²) >= 11 is 0.194. The van der Waals surface area contributed by atoms with Gasteiger partial charge >= 0.3 is 33.3 Å². The Balaban J connectivity index is 0.00000107. The predicted molar refractivity (Wildman–Crippen MR) is 158 cm³/mol. The van der Waals surface area contributed by atoms with Crippen molar-refractivity contribution in [2.24, 2.45) is 9.98 Å². The Morgan fingerprint density at radius 2 is 0.895 bits per heavy atom. The van der Waals surface area contributed by atoms with Crippen molar-refractivity contribution in [1.29, 1.82) is 0 Å². The van der Waals surface area contributed by atoms with E-state index in [1.807, 2.05) is 86.6 Å². The molecule has 4 aromatic carbocycles. The van der Waals surface area contributed by atoms with Crippen LogP contribution in [0.15, 0.2) is 136 Å². The van der Waals surface area contributed by atoms with Crippen LogP contribution in [0.1, 0.15) is 25.4 Å². The molecule has 0 aliphatic heterocycles. The van der Waals surface area contributed by atoms with E-state index in [-0.39, 0.29) is 13.1 Å². The third kappa shape index (κ3) is 7.56. The fraction of sp³-hybridized carbons (Fsp3) is 0.0625. The summed E-state index contributed by atoms with van der Waals surface area (Å²) in [5, 5.41) is 0. The molecule has 1 aromatic heterocycles. The Kier molecular flexibility index (Phi) is 10.1. The van der Waals surface area contributed by atoms with Crippen LogP contribution in [-0.4, -0.2) is 11.4 Å². The second kappa shape index (κ2) is 13.9. The topological polar surface area (TPSA) is 37.9 Å². The van der Waals surface area contributed by atoms with Crippen molar-refractivity contribution in [1.82, 2.24) is 0 Å². The summed E-state index contributed by atoms with van der Waals surface area (Å²) in [5.41, 5.74) is 8.05. The number of aliphatic imine (C=N–C) groups is 2. The first-order valence-electron chi connectivity index (χ1n) is 11.9. The molecular formula is C32H26Cl2FeN2O. The molecule has 0 spiro atoms. The first-order valence-corrected chi connectivity index (χ1v) is 15.0. The summed E-state index contributed by atoms with van der Waals surface area (Å²) in [6.07, 6.45) is 0. The van der Waals surface area contributed by atoms with Gasteiger partial charge < -0.3 is 4.42 Å². The van der Waals surface area contributed by atoms with Crippen LogP contribution in [0.5, 0.6) is 0 Å². The van der Waals surface area contributed by atoms with Crippen molar-refractivity contribution < 1.29 is 17.6 Å². The van der Waals surface area contributed by atoms with Gasteiger partial charge in [0.2, 0.25) is 0 Å². The van der Waals surface area contributed by atoms with Crippen molar-refractivity contribution in [3.63, 3.8) is 0 Å². The molecule has 0 N–H and O–H groups in total. The first-order chi connectivity index (χ1) is 18.6. The molecule has 6 heteroatoms. The molecule has 0 radical (unpaired) electrons. The zero-order valence-electron chi connectivity index (χ0n) is 21.0. The van der Waals surface area contributed by atoms with E-state index in [4.69, 9.17) is 34.6 Å². The summed E-state index contributed by atoms with van der Waals surface area (Å²) in [7, 11) is 9.53. The van der Waals surface area contributed by atoms with Crippen LogP contribution in [0.2, 0.25) is 0 Å². The second-order valence-electron chi connectivity index (χ2n) is 8.44. The molecule has 192 valence electrons. The fourth-order valence-corrected chi connectivity index (χ4v) is 4.00. The molecule has 0 atom stereocenters. The molecule has 0 aliphatic carbocycles. The molecule has 0 unspecified atom stereocenters. The van der Waals surface area contributed by atoms with E-state index in [1.165, 1.54) is 11.1 Å². The van der Waals surface area contributed by atoms with Crippen LogP contribution in [0, 0.1) is 0 Å². The molecule has 3 nitrogen and oxygen atoms in total. The number of benzene rings is 4. The van der Waals surface area contributed by atoms with E-state index < -0.39 is 0 Å². The van der Waals surface area contributed by atoms with E-state index in [9.17, 15) is 0 Å². The molecule has 38 heavy (non-hydrogen) atoms. The molecule has 0 aliphatic rings. The second-order valence-corrected chi connectivity index (χ2v) is 10.3. The van der Waals surface area contributed by atoms with Crippen molar-refractivity contribution in [2.45, 2.75) is 13.8 Å². The third-order valence-electron chi connectivity index (χ3n) is 5.82. The molecule has 5 rings (SSSR count). The van der Waals surface area contributed by atoms with Gasteiger partial charge in [-0.25, -0.2) is 9.98 Å². The van der Waals surface area contributed by atoms with Gasteiger partial charge in [-0.3, -0.25) is 0 Å². The first kappa shape index (κ1) is 27.6. The minimum atomic E-state index is 0.194. The van der Waals surface area contributed by atoms with Gasteiger partial charge in [0.25, 0.3) is 0 Å². The Morgan fingerprint density at radius 3 is 1.29 bits per heavy atom. The van der Waals surface area contributed by atoms with Crippen LogP contribution in [0.4, 0.5) is 11.4 Å². The molecule has 0 amide bonds. The quantitative estimate of drug-likeness (QED) is 0.145. The molecule has 5 aromatic rings. The van der Waals surface area contributed by atoms with Crippen molar-refractivity contribution in [3.05, 3.63) is 133 Å². The summed E-state index contributed by atoms with van der Waals surface area (Å²) in [5.74, 6) is 1.47. The van der Waals surface area contributed by atoms with Crippen molar-refractivity contribution >= 4 is 43.0 Å². The van der Waals surface area contributed by atoms with Crippen LogP contribution >= 0.6 is 20.2 Å². The summed E-state index contributed by atoms with van der Waals surface area (Å²) in [4.78, 5) is 9.60. The molecule has 0 saturated carbocycles. The SMILES string of the molecule is CC(=Nc1cccc(-c2ccccc2)c1)c1ccc(C(C)=Nc2cccc(-c3ccccc3)c2)o1.[Cl][Fe][Cl]. The molecule has 0 saturated heterocycles. The Morgan fingerprint density at radius 1 is 0.526 bits per heavy atom. The monoisotopic (exact) mass is 580 g/mol. The summed E-state index contributed by atoms with van der Waals surface area (Å²) in [6, 6.07) is 41.0. The van der Waals surface area contributed by atoms with E-state index in [0.717, 1.165) is 45.4 Å². The Bertz CT molecular complexity index is 1420. The van der Waals surface area contributed by atoms with Gasteiger partial charge in [0, 0.05) is 0 Å². The van der Waals surface area contributed by atoms with Gasteiger partial charge in [0.1, 0.15) is 11.5 Å². The number of halogens is 2. The van der Waals surface area contributed by atoms with Crippen LogP contribution in [0.25, 0.3) is 22.3 Å². The zero-order valence-corrected chi connectivity index (χ0v) is 23.6. The van der Waals surface area contributed by atoms with Crippen LogP contribution in [0.3, 0.4) is 0 Å². The molecular weight excluding hydrogens is 555 g/mol. The predicted octanol–water partition coefficient (Wildman–Crippen LogP) is 10.3. The Hall–Kier alpha value is -3.40. The van der Waals surface area contributed by atoms with E-state index >= 15 is 0 Å². The normalized spacial score (nSPS) is 11.7. The van der Waals surface area contributed by atoms with Gasteiger partial charge in [0.15, 0.2) is 0 Å². The summed E-state index contributed by atoms with van der Waals surface area (Å²) in [6.45, 7) is 3.93. The number of nitrogens with zero attached hydrogens (tertiary/aromatic N) is 2. The fourth-order valence-electron chi connectivity index (χ4n) is 4.00. The molecule has 1 heterocycles. The molecule has 0 fully saturated rings. The number of rotatable bonds is 6. The number of furan rings is 1. The van der Waals surface area contributed by atoms with Gasteiger partial charge in [0.05, 0.1) is 22.8 Å². The maximum atomic E-state index is 6.12. The van der Waals surface area contributed by atoms with Crippen molar-refractivity contribution in [2.75, 3.05) is 0 Å².